The fourth-order valence-corrected chi connectivity index (χ4v) is 1.50. The summed E-state index contributed by atoms with van der Waals surface area (Å²) in [5.41, 5.74) is 0. The molecule has 1 rings (SSSR count). The summed E-state index contributed by atoms with van der Waals surface area (Å²) in [5, 5.41) is 0. The van der Waals surface area contributed by atoms with Crippen LogP contribution >= 0.6 is 0 Å². The molecule has 0 radical (unpaired) electrons. The summed E-state index contributed by atoms with van der Waals surface area (Å²) in [6.07, 6.45) is 13.1. The lowest BCUT2D eigenvalue weighted by Gasteiger charge is -2.05. The molecule has 0 aromatic carbocycles. The molecule has 0 aliphatic heterocycles. The first-order valence-corrected chi connectivity index (χ1v) is 4.54. The second-order valence-electron chi connectivity index (χ2n) is 3.45. The molecule has 1 unspecified atom stereocenters. The second-order valence-corrected chi connectivity index (χ2v) is 3.45. The van der Waals surface area contributed by atoms with Gasteiger partial charge < -0.3 is 0 Å². The van der Waals surface area contributed by atoms with Crippen LogP contribution in [0, 0.1) is 5.92 Å². The quantitative estimate of drug-likeness (QED) is 0.449. The monoisotopic (exact) mass is 138 g/mol. The van der Waals surface area contributed by atoms with Gasteiger partial charge in [0.1, 0.15) is 0 Å². The van der Waals surface area contributed by atoms with Gasteiger partial charge in [-0.1, -0.05) is 38.3 Å². The Kier molecular flexibility index (Phi) is 3.56. The van der Waals surface area contributed by atoms with Gasteiger partial charge in [0.15, 0.2) is 0 Å². The van der Waals surface area contributed by atoms with Crippen LogP contribution in [0.1, 0.15) is 45.4 Å². The third kappa shape index (κ3) is 3.05. The van der Waals surface area contributed by atoms with Crippen molar-refractivity contribution < 1.29 is 0 Å². The molecule has 0 N–H and O–H groups in total. The van der Waals surface area contributed by atoms with Crippen molar-refractivity contribution in [1.82, 2.24) is 0 Å². The van der Waals surface area contributed by atoms with Crippen molar-refractivity contribution in [3.05, 3.63) is 12.2 Å². The smallest absolute Gasteiger partial charge is 0.0325 e. The molecule has 0 heteroatoms. The van der Waals surface area contributed by atoms with E-state index in [1.54, 1.807) is 0 Å². The van der Waals surface area contributed by atoms with E-state index in [0.717, 1.165) is 5.92 Å². The first kappa shape index (κ1) is 7.84. The molecule has 0 saturated carbocycles. The van der Waals surface area contributed by atoms with Crippen LogP contribution in [0.25, 0.3) is 0 Å². The van der Waals surface area contributed by atoms with Crippen LogP contribution in [0.4, 0.5) is 0 Å². The maximum absolute atomic E-state index is 2.36. The second kappa shape index (κ2) is 4.54. The van der Waals surface area contributed by atoms with E-state index < -0.39 is 0 Å². The van der Waals surface area contributed by atoms with E-state index >= 15 is 0 Å². The van der Waals surface area contributed by atoms with Gasteiger partial charge in [-0.25, -0.2) is 0 Å². The zero-order chi connectivity index (χ0) is 7.23. The molecule has 0 aromatic heterocycles. The lowest BCUT2D eigenvalue weighted by atomic mass is 10.0. The Labute approximate surface area is 64.3 Å². The molecule has 1 atom stereocenters. The Morgan fingerprint density at radius 3 is 2.90 bits per heavy atom. The van der Waals surface area contributed by atoms with Crippen LogP contribution in [-0.2, 0) is 0 Å². The molecule has 0 fully saturated rings. The maximum Gasteiger partial charge on any atom is -0.0325 e. The highest BCUT2D eigenvalue weighted by Gasteiger charge is 2.00. The van der Waals surface area contributed by atoms with Gasteiger partial charge in [-0.3, -0.25) is 0 Å². The number of allylic oxidation sites excluding steroid dienone is 2. The van der Waals surface area contributed by atoms with Crippen molar-refractivity contribution >= 4 is 0 Å². The first-order valence-electron chi connectivity index (χ1n) is 4.54. The molecule has 0 nitrogen and oxygen atoms in total. The van der Waals surface area contributed by atoms with E-state index in [-0.39, 0.29) is 0 Å². The van der Waals surface area contributed by atoms with E-state index in [0.29, 0.717) is 0 Å². The van der Waals surface area contributed by atoms with Gasteiger partial charge in [0, 0.05) is 0 Å². The molecule has 0 bridgehead atoms. The topological polar surface area (TPSA) is 0 Å². The van der Waals surface area contributed by atoms with Crippen LogP contribution in [0.15, 0.2) is 12.2 Å². The van der Waals surface area contributed by atoms with E-state index in [1.807, 2.05) is 0 Å². The third-order valence-electron chi connectivity index (χ3n) is 2.27. The summed E-state index contributed by atoms with van der Waals surface area (Å²) in [6, 6.07) is 0. The Balaban J connectivity index is 2.26. The number of hydrogen-bond donors (Lipinski definition) is 0. The van der Waals surface area contributed by atoms with Gasteiger partial charge in [0.05, 0.1) is 0 Å². The fourth-order valence-electron chi connectivity index (χ4n) is 1.50. The van der Waals surface area contributed by atoms with Crippen LogP contribution in [0.5, 0.6) is 0 Å². The Bertz CT molecular complexity index is 103. The molecule has 0 spiro atoms. The van der Waals surface area contributed by atoms with Gasteiger partial charge in [-0.2, -0.15) is 0 Å². The summed E-state index contributed by atoms with van der Waals surface area (Å²) in [6.45, 7) is 2.36. The van der Waals surface area contributed by atoms with Crippen molar-refractivity contribution in [2.24, 2.45) is 5.92 Å². The highest BCUT2D eigenvalue weighted by Crippen LogP contribution is 2.16. The Morgan fingerprint density at radius 2 is 2.00 bits per heavy atom. The van der Waals surface area contributed by atoms with Crippen molar-refractivity contribution in [1.29, 1.82) is 0 Å². The van der Waals surface area contributed by atoms with Gasteiger partial charge in [-0.05, 0) is 25.2 Å². The lowest BCUT2D eigenvalue weighted by molar-refractivity contribution is 0.503. The van der Waals surface area contributed by atoms with Crippen LogP contribution in [0.2, 0.25) is 0 Å². The first-order chi connectivity index (χ1) is 4.89. The average molecular weight is 138 g/mol. The molecule has 0 heterocycles. The minimum absolute atomic E-state index is 0.925. The largest absolute Gasteiger partial charge is 0.0885 e. The summed E-state index contributed by atoms with van der Waals surface area (Å²) >= 11 is 0. The van der Waals surface area contributed by atoms with Crippen LogP contribution in [-0.4, -0.2) is 0 Å². The summed E-state index contributed by atoms with van der Waals surface area (Å²) in [4.78, 5) is 0. The molecule has 0 aromatic rings. The van der Waals surface area contributed by atoms with E-state index in [2.05, 4.69) is 19.1 Å². The standard InChI is InChI=1S/C10H18/c1-10-8-6-4-2-3-5-7-9-10/h4,6,10H,2-3,5,7-9H2,1H3/b6-4-. The average Bonchev–Trinajstić information content (AvgIpc) is 2.02. The Hall–Kier alpha value is -0.260. The summed E-state index contributed by atoms with van der Waals surface area (Å²) < 4.78 is 0. The van der Waals surface area contributed by atoms with Gasteiger partial charge in [-0.15, -0.1) is 0 Å². The van der Waals surface area contributed by atoms with E-state index in [9.17, 15) is 0 Å². The van der Waals surface area contributed by atoms with Crippen LogP contribution < -0.4 is 0 Å². The van der Waals surface area contributed by atoms with Gasteiger partial charge in [0.2, 0.25) is 0 Å². The van der Waals surface area contributed by atoms with Crippen molar-refractivity contribution in [2.75, 3.05) is 0 Å². The van der Waals surface area contributed by atoms with Crippen LogP contribution in [0.3, 0.4) is 0 Å². The lowest BCUT2D eigenvalue weighted by Crippen LogP contribution is -1.90. The minimum Gasteiger partial charge on any atom is -0.0885 e. The molecular formula is C10H18. The van der Waals surface area contributed by atoms with Gasteiger partial charge in [0.25, 0.3) is 0 Å². The van der Waals surface area contributed by atoms with Crippen molar-refractivity contribution in [3.8, 4) is 0 Å². The normalized spacial score (nSPS) is 31.9. The van der Waals surface area contributed by atoms with Gasteiger partial charge >= 0.3 is 0 Å². The summed E-state index contributed by atoms with van der Waals surface area (Å²) in [5.74, 6) is 0.925. The molecule has 1 aliphatic rings. The zero-order valence-corrected chi connectivity index (χ0v) is 6.97. The Morgan fingerprint density at radius 1 is 1.10 bits per heavy atom. The summed E-state index contributed by atoms with van der Waals surface area (Å²) in [7, 11) is 0. The number of hydrogen-bond acceptors (Lipinski definition) is 0. The maximum atomic E-state index is 2.36. The van der Waals surface area contributed by atoms with E-state index in [4.69, 9.17) is 0 Å². The SMILES string of the molecule is CC1C/C=C\CCCCC1. The molecule has 10 heavy (non-hydrogen) atoms. The minimum atomic E-state index is 0.925. The third-order valence-corrected chi connectivity index (χ3v) is 2.27. The fraction of sp³-hybridized carbons (Fsp3) is 0.800. The predicted octanol–water partition coefficient (Wildman–Crippen LogP) is 3.53. The predicted molar refractivity (Wildman–Crippen MR) is 46.0 cm³/mol. The molecule has 1 aliphatic carbocycles. The van der Waals surface area contributed by atoms with Crippen molar-refractivity contribution in [2.45, 2.75) is 45.4 Å². The highest BCUT2D eigenvalue weighted by atomic mass is 14.1. The molecule has 0 amide bonds. The van der Waals surface area contributed by atoms with Crippen molar-refractivity contribution in [3.63, 3.8) is 0 Å². The molecule has 58 valence electrons. The highest BCUT2D eigenvalue weighted by molar-refractivity contribution is 4.84. The zero-order valence-electron chi connectivity index (χ0n) is 6.97. The van der Waals surface area contributed by atoms with E-state index in [1.165, 1.54) is 38.5 Å². The molecule has 0 saturated heterocycles. The number of rotatable bonds is 0. The molecular weight excluding hydrogens is 120 g/mol.